The van der Waals surface area contributed by atoms with Crippen molar-refractivity contribution in [3.8, 4) is 0 Å². The van der Waals surface area contributed by atoms with Gasteiger partial charge in [-0.05, 0) is 6.42 Å². The quantitative estimate of drug-likeness (QED) is 0.729. The van der Waals surface area contributed by atoms with E-state index in [2.05, 4.69) is 36.8 Å². The monoisotopic (exact) mass is 329 g/mol. The summed E-state index contributed by atoms with van der Waals surface area (Å²) < 4.78 is 1.79. The Labute approximate surface area is 138 Å². The molecule has 0 saturated carbocycles. The summed E-state index contributed by atoms with van der Waals surface area (Å²) >= 11 is 1.80. The summed E-state index contributed by atoms with van der Waals surface area (Å²) in [6, 6.07) is 0. The van der Waals surface area contributed by atoms with Crippen molar-refractivity contribution in [1.82, 2.24) is 24.7 Å². The highest BCUT2D eigenvalue weighted by Crippen LogP contribution is 2.27. The lowest BCUT2D eigenvalue weighted by molar-refractivity contribution is 0.647. The Balaban J connectivity index is 1.52. The maximum absolute atomic E-state index is 4.55. The summed E-state index contributed by atoms with van der Waals surface area (Å²) in [4.78, 5) is 19.4. The van der Waals surface area contributed by atoms with Crippen LogP contribution in [0.1, 0.15) is 11.8 Å². The van der Waals surface area contributed by atoms with Crippen LogP contribution in [0.4, 0.5) is 10.9 Å². The average Bonchev–Trinajstić information content (AvgIpc) is 3.22. The van der Waals surface area contributed by atoms with Gasteiger partial charge in [-0.2, -0.15) is 5.10 Å². The lowest BCUT2D eigenvalue weighted by atomic mass is 10.3. The van der Waals surface area contributed by atoms with E-state index in [1.807, 2.05) is 19.4 Å². The summed E-state index contributed by atoms with van der Waals surface area (Å²) in [5.74, 6) is 0.983. The van der Waals surface area contributed by atoms with Crippen LogP contribution in [0.15, 0.2) is 18.7 Å². The first-order chi connectivity index (χ1) is 11.3. The van der Waals surface area contributed by atoms with Crippen molar-refractivity contribution in [1.29, 1.82) is 0 Å². The van der Waals surface area contributed by atoms with Gasteiger partial charge in [0.05, 0.1) is 11.6 Å². The highest BCUT2D eigenvalue weighted by atomic mass is 32.1. The molecule has 0 aliphatic carbocycles. The minimum absolute atomic E-state index is 0.880. The third-order valence-electron chi connectivity index (χ3n) is 4.25. The molecule has 3 aromatic heterocycles. The molecule has 1 aliphatic heterocycles. The van der Waals surface area contributed by atoms with Crippen LogP contribution < -0.4 is 9.80 Å². The fourth-order valence-electron chi connectivity index (χ4n) is 2.92. The molecule has 0 amide bonds. The maximum Gasteiger partial charge on any atom is 0.185 e. The van der Waals surface area contributed by atoms with E-state index in [-0.39, 0.29) is 0 Å². The molecule has 0 atom stereocenters. The van der Waals surface area contributed by atoms with Crippen molar-refractivity contribution >= 4 is 33.3 Å². The summed E-state index contributed by atoms with van der Waals surface area (Å²) in [6.45, 7) is 5.96. The minimum Gasteiger partial charge on any atom is -0.352 e. The predicted octanol–water partition coefficient (Wildman–Crippen LogP) is 1.71. The summed E-state index contributed by atoms with van der Waals surface area (Å²) in [5, 5.41) is 6.45. The van der Waals surface area contributed by atoms with E-state index in [4.69, 9.17) is 0 Å². The first-order valence-corrected chi connectivity index (χ1v) is 8.65. The van der Waals surface area contributed by atoms with Gasteiger partial charge < -0.3 is 9.80 Å². The minimum atomic E-state index is 0.880. The molecule has 4 heterocycles. The number of aryl methyl sites for hydroxylation is 2. The van der Waals surface area contributed by atoms with Crippen LogP contribution in [0.5, 0.6) is 0 Å². The van der Waals surface area contributed by atoms with E-state index in [1.165, 1.54) is 4.88 Å². The standard InChI is InChI=1S/C15H19N7S/c1-3-11-8-16-15(23-11)22-6-4-21(5-7-22)14-12-9-19-20(2)13(12)17-10-18-14/h8-10H,3-7H2,1-2H3. The molecular formula is C15H19N7S. The molecule has 120 valence electrons. The van der Waals surface area contributed by atoms with Crippen LogP contribution in [0, 0.1) is 0 Å². The number of anilines is 2. The van der Waals surface area contributed by atoms with Gasteiger partial charge in [0.15, 0.2) is 10.8 Å². The molecule has 7 nitrogen and oxygen atoms in total. The Kier molecular flexibility index (Phi) is 3.60. The number of rotatable bonds is 3. The number of thiazole rings is 1. The first-order valence-electron chi connectivity index (χ1n) is 7.83. The topological polar surface area (TPSA) is 63.0 Å². The number of piperazine rings is 1. The highest BCUT2D eigenvalue weighted by Gasteiger charge is 2.22. The fraction of sp³-hybridized carbons (Fsp3) is 0.467. The van der Waals surface area contributed by atoms with Gasteiger partial charge in [-0.1, -0.05) is 6.92 Å². The third-order valence-corrected chi connectivity index (χ3v) is 5.45. The first kappa shape index (κ1) is 14.4. The molecule has 0 spiro atoms. The zero-order chi connectivity index (χ0) is 15.8. The van der Waals surface area contributed by atoms with Gasteiger partial charge in [0.1, 0.15) is 12.1 Å². The number of hydrogen-bond donors (Lipinski definition) is 0. The van der Waals surface area contributed by atoms with E-state index in [1.54, 1.807) is 22.3 Å². The molecule has 0 radical (unpaired) electrons. The smallest absolute Gasteiger partial charge is 0.185 e. The van der Waals surface area contributed by atoms with Crippen molar-refractivity contribution in [2.45, 2.75) is 13.3 Å². The normalized spacial score (nSPS) is 15.6. The highest BCUT2D eigenvalue weighted by molar-refractivity contribution is 7.15. The van der Waals surface area contributed by atoms with E-state index in [0.717, 1.165) is 54.6 Å². The second kappa shape index (κ2) is 5.77. The van der Waals surface area contributed by atoms with E-state index in [9.17, 15) is 0 Å². The molecular weight excluding hydrogens is 310 g/mol. The Morgan fingerprint density at radius 2 is 1.83 bits per heavy atom. The van der Waals surface area contributed by atoms with E-state index < -0.39 is 0 Å². The van der Waals surface area contributed by atoms with Crippen molar-refractivity contribution in [2.24, 2.45) is 7.05 Å². The number of nitrogens with zero attached hydrogens (tertiary/aromatic N) is 7. The molecule has 1 fully saturated rings. The molecule has 8 heteroatoms. The zero-order valence-electron chi connectivity index (χ0n) is 13.3. The number of hydrogen-bond acceptors (Lipinski definition) is 7. The predicted molar refractivity (Wildman–Crippen MR) is 92.2 cm³/mol. The van der Waals surface area contributed by atoms with Crippen molar-refractivity contribution < 1.29 is 0 Å². The van der Waals surface area contributed by atoms with Gasteiger partial charge in [-0.25, -0.2) is 15.0 Å². The zero-order valence-corrected chi connectivity index (χ0v) is 14.1. The lowest BCUT2D eigenvalue weighted by Crippen LogP contribution is -2.46. The van der Waals surface area contributed by atoms with Gasteiger partial charge in [0.25, 0.3) is 0 Å². The molecule has 4 rings (SSSR count). The Morgan fingerprint density at radius 1 is 1.04 bits per heavy atom. The molecule has 0 bridgehead atoms. The fourth-order valence-corrected chi connectivity index (χ4v) is 3.82. The second-order valence-corrected chi connectivity index (χ2v) is 6.73. The Bertz CT molecular complexity index is 816. The Morgan fingerprint density at radius 3 is 2.57 bits per heavy atom. The molecule has 0 N–H and O–H groups in total. The SMILES string of the molecule is CCc1cnc(N2CCN(c3ncnc4c3cnn4C)CC2)s1. The van der Waals surface area contributed by atoms with Crippen molar-refractivity contribution in [2.75, 3.05) is 36.0 Å². The Hall–Kier alpha value is -2.22. The van der Waals surface area contributed by atoms with Crippen LogP contribution in [0.25, 0.3) is 11.0 Å². The van der Waals surface area contributed by atoms with Crippen LogP contribution >= 0.6 is 11.3 Å². The van der Waals surface area contributed by atoms with Gasteiger partial charge in [0, 0.05) is 44.3 Å². The summed E-state index contributed by atoms with van der Waals surface area (Å²) in [5.41, 5.74) is 0.880. The molecule has 0 aromatic carbocycles. The lowest BCUT2D eigenvalue weighted by Gasteiger charge is -2.35. The van der Waals surface area contributed by atoms with Crippen LogP contribution in [-0.4, -0.2) is 50.9 Å². The maximum atomic E-state index is 4.55. The van der Waals surface area contributed by atoms with Gasteiger partial charge in [-0.3, -0.25) is 4.68 Å². The third kappa shape index (κ3) is 2.52. The van der Waals surface area contributed by atoms with E-state index in [0.29, 0.717) is 0 Å². The van der Waals surface area contributed by atoms with Crippen LogP contribution in [-0.2, 0) is 13.5 Å². The largest absolute Gasteiger partial charge is 0.352 e. The average molecular weight is 329 g/mol. The van der Waals surface area contributed by atoms with Crippen molar-refractivity contribution in [3.05, 3.63) is 23.6 Å². The van der Waals surface area contributed by atoms with Gasteiger partial charge >= 0.3 is 0 Å². The van der Waals surface area contributed by atoms with Crippen molar-refractivity contribution in [3.63, 3.8) is 0 Å². The molecule has 1 saturated heterocycles. The molecule has 3 aromatic rings. The number of aromatic nitrogens is 5. The summed E-state index contributed by atoms with van der Waals surface area (Å²) in [7, 11) is 1.91. The van der Waals surface area contributed by atoms with Gasteiger partial charge in [-0.15, -0.1) is 11.3 Å². The van der Waals surface area contributed by atoms with Crippen LogP contribution in [0.2, 0.25) is 0 Å². The molecule has 23 heavy (non-hydrogen) atoms. The van der Waals surface area contributed by atoms with Gasteiger partial charge in [0.2, 0.25) is 0 Å². The van der Waals surface area contributed by atoms with Crippen LogP contribution in [0.3, 0.4) is 0 Å². The summed E-state index contributed by atoms with van der Waals surface area (Å²) in [6.07, 6.45) is 6.53. The number of fused-ring (bicyclic) bond motifs is 1. The van der Waals surface area contributed by atoms with E-state index >= 15 is 0 Å². The molecule has 0 unspecified atom stereocenters. The molecule has 1 aliphatic rings. The second-order valence-electron chi connectivity index (χ2n) is 5.64.